The van der Waals surface area contributed by atoms with Gasteiger partial charge in [0.1, 0.15) is 27.5 Å². The monoisotopic (exact) mass is 464 g/mol. The normalized spacial score (nSPS) is 13.8. The molecule has 0 unspecified atom stereocenters. The highest BCUT2D eigenvalue weighted by Crippen LogP contribution is 2.47. The topological polar surface area (TPSA) is 124 Å². The largest absolute Gasteiger partial charge is 0.507 e. The lowest BCUT2D eigenvalue weighted by Crippen LogP contribution is -2.22. The fraction of sp³-hybridized carbons (Fsp3) is 0.333. The number of halogens is 1. The lowest BCUT2D eigenvalue weighted by molar-refractivity contribution is 0.0971. The average Bonchev–Trinajstić information content (AvgIpc) is 2.67. The SMILES string of the molecule is CCCCC[C@H](O)c1c(O)cc2c(c1O)C(=O)c1c(cc(OC)c(Br)c1O)C2=O. The van der Waals surface area contributed by atoms with Gasteiger partial charge in [-0.2, -0.15) is 0 Å². The van der Waals surface area contributed by atoms with Crippen molar-refractivity contribution in [1.82, 2.24) is 0 Å². The van der Waals surface area contributed by atoms with Crippen LogP contribution in [-0.2, 0) is 0 Å². The van der Waals surface area contributed by atoms with Crippen LogP contribution >= 0.6 is 15.9 Å². The molecule has 1 aliphatic carbocycles. The van der Waals surface area contributed by atoms with E-state index < -0.39 is 34.9 Å². The summed E-state index contributed by atoms with van der Waals surface area (Å²) >= 11 is 3.13. The molecule has 0 radical (unpaired) electrons. The van der Waals surface area contributed by atoms with E-state index in [0.717, 1.165) is 18.9 Å². The molecule has 0 bridgehead atoms. The lowest BCUT2D eigenvalue weighted by atomic mass is 9.81. The zero-order chi connectivity index (χ0) is 21.5. The Bertz CT molecular complexity index is 1010. The number of ether oxygens (including phenoxy) is 1. The molecule has 2 aromatic carbocycles. The summed E-state index contributed by atoms with van der Waals surface area (Å²) in [6.45, 7) is 2.00. The summed E-state index contributed by atoms with van der Waals surface area (Å²) in [6.07, 6.45) is 1.53. The first-order chi connectivity index (χ1) is 13.7. The van der Waals surface area contributed by atoms with E-state index in [2.05, 4.69) is 15.9 Å². The van der Waals surface area contributed by atoms with Crippen molar-refractivity contribution in [3.63, 3.8) is 0 Å². The van der Waals surface area contributed by atoms with Crippen LogP contribution in [0.1, 0.15) is 76.1 Å². The Morgan fingerprint density at radius 3 is 2.24 bits per heavy atom. The quantitative estimate of drug-likeness (QED) is 0.406. The summed E-state index contributed by atoms with van der Waals surface area (Å²) in [5.41, 5.74) is -1.13. The van der Waals surface area contributed by atoms with Crippen molar-refractivity contribution in [2.24, 2.45) is 0 Å². The number of benzene rings is 2. The molecule has 4 N–H and O–H groups in total. The molecule has 8 heteroatoms. The van der Waals surface area contributed by atoms with E-state index in [-0.39, 0.29) is 44.5 Å². The number of ketones is 2. The van der Waals surface area contributed by atoms with Crippen molar-refractivity contribution < 1.29 is 34.8 Å². The number of aromatic hydroxyl groups is 3. The lowest BCUT2D eigenvalue weighted by Gasteiger charge is -2.24. The van der Waals surface area contributed by atoms with Crippen molar-refractivity contribution in [3.05, 3.63) is 44.4 Å². The van der Waals surface area contributed by atoms with Gasteiger partial charge in [-0.1, -0.05) is 26.2 Å². The molecule has 3 rings (SSSR count). The predicted molar refractivity (Wildman–Crippen MR) is 108 cm³/mol. The highest BCUT2D eigenvalue weighted by atomic mass is 79.9. The van der Waals surface area contributed by atoms with Crippen molar-refractivity contribution in [2.75, 3.05) is 7.11 Å². The van der Waals surface area contributed by atoms with Crippen molar-refractivity contribution >= 4 is 27.5 Å². The molecule has 2 aromatic rings. The first-order valence-electron chi connectivity index (χ1n) is 9.20. The Hall–Kier alpha value is -2.58. The van der Waals surface area contributed by atoms with Crippen LogP contribution in [0.2, 0.25) is 0 Å². The van der Waals surface area contributed by atoms with E-state index in [1.54, 1.807) is 0 Å². The molecule has 0 spiro atoms. The third kappa shape index (κ3) is 3.36. The number of aliphatic hydroxyl groups is 1. The van der Waals surface area contributed by atoms with Crippen LogP contribution in [0.4, 0.5) is 0 Å². The summed E-state index contributed by atoms with van der Waals surface area (Å²) in [5.74, 6) is -2.89. The number of fused-ring (bicyclic) bond motifs is 2. The third-order valence-electron chi connectivity index (χ3n) is 5.10. The first-order valence-corrected chi connectivity index (χ1v) is 9.99. The van der Waals surface area contributed by atoms with E-state index in [1.165, 1.54) is 13.2 Å². The van der Waals surface area contributed by atoms with Gasteiger partial charge in [-0.3, -0.25) is 9.59 Å². The molecule has 1 aliphatic rings. The highest BCUT2D eigenvalue weighted by Gasteiger charge is 2.38. The maximum Gasteiger partial charge on any atom is 0.202 e. The van der Waals surface area contributed by atoms with Crippen LogP contribution in [0.25, 0.3) is 0 Å². The van der Waals surface area contributed by atoms with Gasteiger partial charge < -0.3 is 25.2 Å². The van der Waals surface area contributed by atoms with Crippen LogP contribution in [0, 0.1) is 0 Å². The van der Waals surface area contributed by atoms with Gasteiger partial charge in [0.15, 0.2) is 5.78 Å². The van der Waals surface area contributed by atoms with E-state index in [4.69, 9.17) is 4.74 Å². The van der Waals surface area contributed by atoms with Gasteiger partial charge in [-0.25, -0.2) is 0 Å². The maximum atomic E-state index is 13.1. The van der Waals surface area contributed by atoms with Crippen LogP contribution in [-0.4, -0.2) is 39.1 Å². The minimum Gasteiger partial charge on any atom is -0.507 e. The number of phenolic OH excluding ortho intramolecular Hbond substituents is 3. The molecule has 0 fully saturated rings. The second-order valence-corrected chi connectivity index (χ2v) is 7.71. The number of hydrogen-bond donors (Lipinski definition) is 4. The zero-order valence-corrected chi connectivity index (χ0v) is 17.5. The smallest absolute Gasteiger partial charge is 0.202 e. The van der Waals surface area contributed by atoms with Crippen LogP contribution < -0.4 is 4.74 Å². The number of rotatable bonds is 6. The van der Waals surface area contributed by atoms with Gasteiger partial charge in [-0.15, -0.1) is 0 Å². The number of unbranched alkanes of at least 4 members (excludes halogenated alkanes) is 2. The van der Waals surface area contributed by atoms with Crippen LogP contribution in [0.15, 0.2) is 16.6 Å². The van der Waals surface area contributed by atoms with Crippen LogP contribution in [0.3, 0.4) is 0 Å². The van der Waals surface area contributed by atoms with Gasteiger partial charge in [0, 0.05) is 11.1 Å². The second-order valence-electron chi connectivity index (χ2n) is 6.91. The Kier molecular flexibility index (Phi) is 5.86. The summed E-state index contributed by atoms with van der Waals surface area (Å²) in [7, 11) is 1.35. The molecular formula is C21H21BrO7. The zero-order valence-electron chi connectivity index (χ0n) is 16.0. The molecular weight excluding hydrogens is 444 g/mol. The molecule has 0 amide bonds. The summed E-state index contributed by atoms with van der Waals surface area (Å²) in [6, 6.07) is 2.38. The minimum atomic E-state index is -1.20. The minimum absolute atomic E-state index is 0.0986. The molecule has 0 aliphatic heterocycles. The summed E-state index contributed by atoms with van der Waals surface area (Å²) < 4.78 is 5.20. The number of aliphatic hydroxyl groups excluding tert-OH is 1. The molecule has 0 heterocycles. The summed E-state index contributed by atoms with van der Waals surface area (Å²) in [5, 5.41) is 42.0. The number of methoxy groups -OCH3 is 1. The number of phenols is 3. The molecule has 7 nitrogen and oxygen atoms in total. The Balaban J connectivity index is 2.18. The van der Waals surface area contributed by atoms with Gasteiger partial charge in [-0.05, 0) is 34.5 Å². The van der Waals surface area contributed by atoms with Crippen LogP contribution in [0.5, 0.6) is 23.0 Å². The first kappa shape index (κ1) is 21.1. The van der Waals surface area contributed by atoms with Crippen molar-refractivity contribution in [1.29, 1.82) is 0 Å². The average molecular weight is 465 g/mol. The Morgan fingerprint density at radius 2 is 1.62 bits per heavy atom. The number of carbonyl (C=O) groups excluding carboxylic acids is 2. The molecule has 0 aromatic heterocycles. The van der Waals surface area contributed by atoms with E-state index in [9.17, 15) is 30.0 Å². The van der Waals surface area contributed by atoms with E-state index in [0.29, 0.717) is 6.42 Å². The molecule has 0 saturated heterocycles. The fourth-order valence-electron chi connectivity index (χ4n) is 3.59. The summed E-state index contributed by atoms with van der Waals surface area (Å²) in [4.78, 5) is 26.1. The van der Waals surface area contributed by atoms with Gasteiger partial charge in [0.2, 0.25) is 5.78 Å². The van der Waals surface area contributed by atoms with E-state index >= 15 is 0 Å². The Morgan fingerprint density at radius 1 is 1.00 bits per heavy atom. The molecule has 29 heavy (non-hydrogen) atoms. The predicted octanol–water partition coefficient (Wildman–Crippen LogP) is 3.96. The maximum absolute atomic E-state index is 13.1. The molecule has 0 saturated carbocycles. The number of carbonyl (C=O) groups is 2. The Labute approximate surface area is 175 Å². The highest BCUT2D eigenvalue weighted by molar-refractivity contribution is 9.10. The standard InChI is InChI=1S/C21H21BrO7/c1-3-4-5-6-11(23)16-12(24)7-9-14(20(16)27)19(26)15-10(18(9)25)8-13(29-2)17(22)21(15)28/h7-8,11,23-24,27-28H,3-6H2,1-2H3/t11-/m0/s1. The number of hydrogen-bond acceptors (Lipinski definition) is 7. The van der Waals surface area contributed by atoms with E-state index in [1.807, 2.05) is 6.92 Å². The molecule has 154 valence electrons. The second kappa shape index (κ2) is 8.04. The third-order valence-corrected chi connectivity index (χ3v) is 5.87. The fourth-order valence-corrected chi connectivity index (χ4v) is 4.06. The van der Waals surface area contributed by atoms with Gasteiger partial charge in [0.05, 0.1) is 29.9 Å². The molecule has 1 atom stereocenters. The van der Waals surface area contributed by atoms with Crippen molar-refractivity contribution in [3.8, 4) is 23.0 Å². The van der Waals surface area contributed by atoms with Gasteiger partial charge in [0.25, 0.3) is 0 Å². The van der Waals surface area contributed by atoms with Gasteiger partial charge >= 0.3 is 0 Å². The van der Waals surface area contributed by atoms with Crippen molar-refractivity contribution in [2.45, 2.75) is 38.7 Å².